The quantitative estimate of drug-likeness (QED) is 0.148. The summed E-state index contributed by atoms with van der Waals surface area (Å²) in [5.74, 6) is 0. The molecule has 0 N–H and O–H groups in total. The van der Waals surface area contributed by atoms with Crippen LogP contribution >= 0.6 is 0 Å². The van der Waals surface area contributed by atoms with Crippen molar-refractivity contribution in [3.05, 3.63) is 277 Å². The summed E-state index contributed by atoms with van der Waals surface area (Å²) in [6.07, 6.45) is 0. The van der Waals surface area contributed by atoms with Crippen LogP contribution in [0.25, 0.3) is 60.9 Å². The Labute approximate surface area is 374 Å². The van der Waals surface area contributed by atoms with Gasteiger partial charge in [-0.15, -0.1) is 0 Å². The number of aromatic nitrogens is 1. The molecule has 1 aliphatic carbocycles. The van der Waals surface area contributed by atoms with E-state index in [1.54, 1.807) is 0 Å². The van der Waals surface area contributed by atoms with Gasteiger partial charge in [-0.3, -0.25) is 0 Å². The summed E-state index contributed by atoms with van der Waals surface area (Å²) in [6, 6.07) is 91.4. The number of hydrogen-bond donors (Lipinski definition) is 0. The Balaban J connectivity index is 1.01. The summed E-state index contributed by atoms with van der Waals surface area (Å²) in [7, 11) is 0. The summed E-state index contributed by atoms with van der Waals surface area (Å²) in [5, 5.41) is 2.50. The molecule has 0 bridgehead atoms. The van der Waals surface area contributed by atoms with Gasteiger partial charge in [-0.05, 0) is 129 Å². The molecule has 10 aromatic carbocycles. The Hall–Kier alpha value is -8.20. The first kappa shape index (κ1) is 37.6. The van der Waals surface area contributed by atoms with Gasteiger partial charge in [0.2, 0.25) is 0 Å². The van der Waals surface area contributed by atoms with Crippen LogP contribution in [0, 0.1) is 6.92 Å². The third-order valence-electron chi connectivity index (χ3n) is 13.3. The number of fused-ring (bicyclic) bond motifs is 6. The molecule has 0 aliphatic heterocycles. The van der Waals surface area contributed by atoms with E-state index in [1.807, 2.05) is 0 Å². The predicted molar refractivity (Wildman–Crippen MR) is 268 cm³/mol. The van der Waals surface area contributed by atoms with E-state index < -0.39 is 5.41 Å². The van der Waals surface area contributed by atoms with Crippen molar-refractivity contribution in [2.45, 2.75) is 12.3 Å². The van der Waals surface area contributed by atoms with Crippen LogP contribution in [0.4, 0.5) is 17.1 Å². The Morgan fingerprint density at radius 3 is 1.55 bits per heavy atom. The lowest BCUT2D eigenvalue weighted by Crippen LogP contribution is -2.28. The number of benzene rings is 10. The van der Waals surface area contributed by atoms with Gasteiger partial charge in [-0.1, -0.05) is 188 Å². The van der Waals surface area contributed by atoms with Crippen LogP contribution in [0.3, 0.4) is 0 Å². The lowest BCUT2D eigenvalue weighted by Gasteiger charge is -2.35. The standard InChI is InChI=1S/C62H44N2/c1-43-16-15-17-46(40-43)44-28-33-51(34-29-44)63(52-35-30-45(31-36-52)47-32-39-61-57(41-47)56-25-12-14-27-60(56)64(61)50-22-9-4-10-23-50)53-37-38-55-54-24-11-13-26-58(54)62(59(55)42-53,48-18-5-2-6-19-48)49-20-7-3-8-21-49/h2-42H,1H3. The van der Waals surface area contributed by atoms with Crippen LogP contribution in [-0.2, 0) is 5.41 Å². The first-order valence-corrected chi connectivity index (χ1v) is 22.2. The zero-order valence-electron chi connectivity index (χ0n) is 35.6. The van der Waals surface area contributed by atoms with Gasteiger partial charge in [0.05, 0.1) is 16.4 Å². The van der Waals surface area contributed by atoms with Gasteiger partial charge in [-0.2, -0.15) is 0 Å². The molecule has 11 aromatic rings. The van der Waals surface area contributed by atoms with Gasteiger partial charge in [-0.25, -0.2) is 0 Å². The maximum absolute atomic E-state index is 2.45. The van der Waals surface area contributed by atoms with Crippen LogP contribution in [0.5, 0.6) is 0 Å². The van der Waals surface area contributed by atoms with Gasteiger partial charge >= 0.3 is 0 Å². The highest BCUT2D eigenvalue weighted by molar-refractivity contribution is 6.10. The van der Waals surface area contributed by atoms with Crippen LogP contribution in [-0.4, -0.2) is 4.57 Å². The molecule has 302 valence electrons. The Morgan fingerprint density at radius 1 is 0.344 bits per heavy atom. The summed E-state index contributed by atoms with van der Waals surface area (Å²) < 4.78 is 2.37. The smallest absolute Gasteiger partial charge is 0.0714 e. The topological polar surface area (TPSA) is 8.17 Å². The van der Waals surface area contributed by atoms with E-state index in [2.05, 4.69) is 265 Å². The summed E-state index contributed by atoms with van der Waals surface area (Å²) in [4.78, 5) is 2.42. The molecule has 0 saturated heterocycles. The van der Waals surface area contributed by atoms with Gasteiger partial charge < -0.3 is 9.47 Å². The summed E-state index contributed by atoms with van der Waals surface area (Å²) in [5.41, 5.74) is 20.0. The van der Waals surface area contributed by atoms with E-state index in [1.165, 1.54) is 83.0 Å². The third kappa shape index (κ3) is 6.02. The molecule has 12 rings (SSSR count). The minimum atomic E-state index is -0.503. The van der Waals surface area contributed by atoms with Gasteiger partial charge in [0.15, 0.2) is 0 Å². The molecule has 0 saturated carbocycles. The van der Waals surface area contributed by atoms with Crippen molar-refractivity contribution < 1.29 is 0 Å². The molecule has 64 heavy (non-hydrogen) atoms. The summed E-state index contributed by atoms with van der Waals surface area (Å²) in [6.45, 7) is 2.15. The average molecular weight is 817 g/mol. The second-order valence-corrected chi connectivity index (χ2v) is 17.0. The van der Waals surface area contributed by atoms with Crippen molar-refractivity contribution in [2.75, 3.05) is 4.90 Å². The number of anilines is 3. The third-order valence-corrected chi connectivity index (χ3v) is 13.3. The Kier molecular flexibility index (Phi) is 8.98. The Morgan fingerprint density at radius 2 is 0.875 bits per heavy atom. The first-order valence-electron chi connectivity index (χ1n) is 22.2. The molecular weight excluding hydrogens is 773 g/mol. The number of hydrogen-bond acceptors (Lipinski definition) is 1. The molecule has 1 heterocycles. The van der Waals surface area contributed by atoms with E-state index in [4.69, 9.17) is 0 Å². The minimum absolute atomic E-state index is 0.503. The van der Waals surface area contributed by atoms with Crippen molar-refractivity contribution in [3.63, 3.8) is 0 Å². The van der Waals surface area contributed by atoms with Crippen LogP contribution in [0.2, 0.25) is 0 Å². The molecule has 0 atom stereocenters. The molecule has 0 amide bonds. The SMILES string of the molecule is Cc1cccc(-c2ccc(N(c3ccc(-c4ccc5c(c4)c4ccccc4n5-c4ccccc4)cc3)c3ccc4c(c3)C(c3ccccc3)(c3ccccc3)c3ccccc3-4)cc2)c1. The highest BCUT2D eigenvalue weighted by Gasteiger charge is 2.46. The highest BCUT2D eigenvalue weighted by Crippen LogP contribution is 2.57. The molecule has 0 spiro atoms. The van der Waals surface area contributed by atoms with Crippen molar-refractivity contribution in [1.29, 1.82) is 0 Å². The van der Waals surface area contributed by atoms with Crippen LogP contribution in [0.15, 0.2) is 249 Å². The normalized spacial score (nSPS) is 12.6. The fraction of sp³-hybridized carbons (Fsp3) is 0.0323. The molecule has 0 radical (unpaired) electrons. The van der Waals surface area contributed by atoms with E-state index in [-0.39, 0.29) is 0 Å². The Bertz CT molecular complexity index is 3440. The van der Waals surface area contributed by atoms with E-state index in [0.717, 1.165) is 22.7 Å². The molecule has 1 aliphatic rings. The number of nitrogens with zero attached hydrogens (tertiary/aromatic N) is 2. The molecular formula is C62H44N2. The number of para-hydroxylation sites is 2. The lowest BCUT2D eigenvalue weighted by atomic mass is 9.67. The van der Waals surface area contributed by atoms with Crippen molar-refractivity contribution in [1.82, 2.24) is 4.57 Å². The van der Waals surface area contributed by atoms with E-state index in [9.17, 15) is 0 Å². The minimum Gasteiger partial charge on any atom is -0.310 e. The predicted octanol–water partition coefficient (Wildman–Crippen LogP) is 16.3. The van der Waals surface area contributed by atoms with Gasteiger partial charge in [0.1, 0.15) is 0 Å². The van der Waals surface area contributed by atoms with Crippen molar-refractivity contribution in [3.8, 4) is 39.1 Å². The number of rotatable bonds is 8. The second kappa shape index (κ2) is 15.3. The zero-order chi connectivity index (χ0) is 42.6. The first-order chi connectivity index (χ1) is 31.6. The van der Waals surface area contributed by atoms with Crippen LogP contribution in [0.1, 0.15) is 27.8 Å². The van der Waals surface area contributed by atoms with Crippen molar-refractivity contribution in [2.24, 2.45) is 0 Å². The molecule has 2 nitrogen and oxygen atoms in total. The summed E-state index contributed by atoms with van der Waals surface area (Å²) >= 11 is 0. The maximum atomic E-state index is 2.45. The fourth-order valence-corrected chi connectivity index (χ4v) is 10.5. The van der Waals surface area contributed by atoms with E-state index >= 15 is 0 Å². The average Bonchev–Trinajstić information content (AvgIpc) is 3.85. The van der Waals surface area contributed by atoms with Gasteiger partial charge in [0.25, 0.3) is 0 Å². The van der Waals surface area contributed by atoms with Crippen molar-refractivity contribution >= 4 is 38.9 Å². The lowest BCUT2D eigenvalue weighted by molar-refractivity contribution is 0.768. The number of aryl methyl sites for hydroxylation is 1. The molecule has 1 aromatic heterocycles. The zero-order valence-corrected chi connectivity index (χ0v) is 35.6. The highest BCUT2D eigenvalue weighted by atomic mass is 15.1. The largest absolute Gasteiger partial charge is 0.310 e. The van der Waals surface area contributed by atoms with Crippen LogP contribution < -0.4 is 4.90 Å². The maximum Gasteiger partial charge on any atom is 0.0714 e. The molecule has 0 unspecified atom stereocenters. The second-order valence-electron chi connectivity index (χ2n) is 17.0. The molecule has 0 fully saturated rings. The van der Waals surface area contributed by atoms with Gasteiger partial charge in [0, 0.05) is 33.5 Å². The fourth-order valence-electron chi connectivity index (χ4n) is 10.5. The monoisotopic (exact) mass is 816 g/mol. The van der Waals surface area contributed by atoms with E-state index in [0.29, 0.717) is 0 Å². The molecule has 2 heteroatoms.